The molecular weight excluding hydrogens is 415 g/mol. The summed E-state index contributed by atoms with van der Waals surface area (Å²) in [5.74, 6) is 0.496. The first kappa shape index (κ1) is 21.7. The minimum absolute atomic E-state index is 0.0134. The van der Waals surface area contributed by atoms with E-state index < -0.39 is 10.0 Å². The number of nitrogens with one attached hydrogen (secondary N) is 2. The highest BCUT2D eigenvalue weighted by Gasteiger charge is 2.32. The lowest BCUT2D eigenvalue weighted by atomic mass is 9.86. The molecule has 0 bridgehead atoms. The Morgan fingerprint density at radius 1 is 1.16 bits per heavy atom. The third-order valence-electron chi connectivity index (χ3n) is 5.92. The van der Waals surface area contributed by atoms with Gasteiger partial charge in [-0.2, -0.15) is 0 Å². The van der Waals surface area contributed by atoms with Crippen molar-refractivity contribution in [2.75, 3.05) is 13.6 Å². The van der Waals surface area contributed by atoms with Gasteiger partial charge in [-0.15, -0.1) is 0 Å². The average Bonchev–Trinajstić information content (AvgIpc) is 3.33. The fourth-order valence-corrected chi connectivity index (χ4v) is 5.37. The summed E-state index contributed by atoms with van der Waals surface area (Å²) in [5, 5.41) is 3.30. The number of rotatable bonds is 8. The summed E-state index contributed by atoms with van der Waals surface area (Å²) in [4.78, 5) is 3.93. The van der Waals surface area contributed by atoms with Crippen LogP contribution >= 0.6 is 0 Å². The van der Waals surface area contributed by atoms with Crippen LogP contribution in [0.3, 0.4) is 0 Å². The number of hydrogen-bond donors (Lipinski definition) is 2. The molecule has 2 unspecified atom stereocenters. The molecule has 2 aromatic carbocycles. The molecular formula is C23H27FN4O2S. The molecule has 1 aromatic heterocycles. The number of imidazole rings is 1. The molecule has 0 spiro atoms. The van der Waals surface area contributed by atoms with Crippen molar-refractivity contribution in [1.82, 2.24) is 19.6 Å². The van der Waals surface area contributed by atoms with Gasteiger partial charge in [0.05, 0.1) is 6.33 Å². The van der Waals surface area contributed by atoms with Gasteiger partial charge in [0, 0.05) is 19.8 Å². The van der Waals surface area contributed by atoms with Crippen LogP contribution in [0.2, 0.25) is 0 Å². The highest BCUT2D eigenvalue weighted by molar-refractivity contribution is 7.89. The van der Waals surface area contributed by atoms with E-state index in [9.17, 15) is 12.8 Å². The van der Waals surface area contributed by atoms with Crippen LogP contribution in [-0.4, -0.2) is 31.6 Å². The SMILES string of the molecule is CNCC1Cc2ccc(CNS(=O)(=O)c3cn(C)cn3)cc2C1Cc1ccc(F)cc1. The van der Waals surface area contributed by atoms with Gasteiger partial charge in [0.1, 0.15) is 5.82 Å². The Hall–Kier alpha value is -2.55. The van der Waals surface area contributed by atoms with Crippen molar-refractivity contribution in [2.24, 2.45) is 13.0 Å². The molecule has 3 aromatic rings. The zero-order valence-electron chi connectivity index (χ0n) is 17.7. The fourth-order valence-electron chi connectivity index (χ4n) is 4.37. The van der Waals surface area contributed by atoms with E-state index in [2.05, 4.69) is 27.2 Å². The van der Waals surface area contributed by atoms with Gasteiger partial charge in [-0.05, 0) is 72.7 Å². The van der Waals surface area contributed by atoms with Crippen LogP contribution in [-0.2, 0) is 36.5 Å². The van der Waals surface area contributed by atoms with Crippen molar-refractivity contribution in [3.63, 3.8) is 0 Å². The highest BCUT2D eigenvalue weighted by Crippen LogP contribution is 2.40. The zero-order valence-corrected chi connectivity index (χ0v) is 18.5. The van der Waals surface area contributed by atoms with Gasteiger partial charge in [0.25, 0.3) is 10.0 Å². The van der Waals surface area contributed by atoms with Gasteiger partial charge in [0.2, 0.25) is 0 Å². The van der Waals surface area contributed by atoms with Crippen molar-refractivity contribution in [3.8, 4) is 0 Å². The molecule has 164 valence electrons. The van der Waals surface area contributed by atoms with Crippen LogP contribution in [0.25, 0.3) is 0 Å². The summed E-state index contributed by atoms with van der Waals surface area (Å²) in [5.41, 5.74) is 4.55. The highest BCUT2D eigenvalue weighted by atomic mass is 32.2. The van der Waals surface area contributed by atoms with E-state index in [0.717, 1.165) is 30.5 Å². The van der Waals surface area contributed by atoms with E-state index in [-0.39, 0.29) is 17.4 Å². The molecule has 0 saturated heterocycles. The molecule has 1 heterocycles. The predicted octanol–water partition coefficient (Wildman–Crippen LogP) is 2.76. The molecule has 1 aliphatic rings. The Kier molecular flexibility index (Phi) is 6.22. The van der Waals surface area contributed by atoms with Crippen LogP contribution in [0.1, 0.15) is 28.2 Å². The van der Waals surface area contributed by atoms with Gasteiger partial charge >= 0.3 is 0 Å². The second-order valence-corrected chi connectivity index (χ2v) is 9.91. The van der Waals surface area contributed by atoms with Gasteiger partial charge in [-0.1, -0.05) is 30.3 Å². The quantitative estimate of drug-likeness (QED) is 0.563. The lowest BCUT2D eigenvalue weighted by molar-refractivity contribution is 0.435. The van der Waals surface area contributed by atoms with Gasteiger partial charge in [-0.25, -0.2) is 22.5 Å². The normalized spacial score (nSPS) is 18.3. The predicted molar refractivity (Wildman–Crippen MR) is 118 cm³/mol. The zero-order chi connectivity index (χ0) is 22.0. The Balaban J connectivity index is 1.54. The molecule has 0 fully saturated rings. The average molecular weight is 443 g/mol. The minimum Gasteiger partial charge on any atom is -0.339 e. The number of fused-ring (bicyclic) bond motifs is 1. The maximum atomic E-state index is 13.3. The first-order chi connectivity index (χ1) is 14.9. The van der Waals surface area contributed by atoms with Crippen LogP contribution in [0.15, 0.2) is 60.0 Å². The monoisotopic (exact) mass is 442 g/mol. The summed E-state index contributed by atoms with van der Waals surface area (Å²) < 4.78 is 42.6. The molecule has 1 aliphatic carbocycles. The molecule has 0 amide bonds. The molecule has 4 rings (SSSR count). The Bertz CT molecular complexity index is 1160. The van der Waals surface area contributed by atoms with Crippen molar-refractivity contribution >= 4 is 10.0 Å². The van der Waals surface area contributed by atoms with E-state index in [1.807, 2.05) is 25.2 Å². The van der Waals surface area contributed by atoms with Gasteiger partial charge in [0.15, 0.2) is 5.03 Å². The van der Waals surface area contributed by atoms with Crippen molar-refractivity contribution in [2.45, 2.75) is 30.3 Å². The van der Waals surface area contributed by atoms with E-state index in [1.165, 1.54) is 35.8 Å². The summed E-state index contributed by atoms with van der Waals surface area (Å²) in [6.07, 6.45) is 4.74. The standard InChI is InChI=1S/C23H27FN4O2S/c1-25-13-19-11-18-6-3-17(12-27-31(29,30)23-14-28(2)15-26-23)10-21(18)22(19)9-16-4-7-20(24)8-5-16/h3-8,10,14-15,19,22,25,27H,9,11-13H2,1-2H3. The molecule has 6 nitrogen and oxygen atoms in total. The van der Waals surface area contributed by atoms with E-state index in [0.29, 0.717) is 11.8 Å². The van der Waals surface area contributed by atoms with Crippen LogP contribution in [0, 0.1) is 11.7 Å². The second-order valence-electron chi connectivity index (χ2n) is 8.19. The lowest BCUT2D eigenvalue weighted by Crippen LogP contribution is -2.24. The largest absolute Gasteiger partial charge is 0.339 e. The maximum Gasteiger partial charge on any atom is 0.259 e. The number of benzene rings is 2. The number of halogens is 1. The Labute approximate surface area is 182 Å². The molecule has 0 aliphatic heterocycles. The molecule has 31 heavy (non-hydrogen) atoms. The minimum atomic E-state index is -3.66. The molecule has 0 radical (unpaired) electrons. The number of aryl methyl sites for hydroxylation is 1. The molecule has 8 heteroatoms. The Morgan fingerprint density at radius 3 is 2.58 bits per heavy atom. The van der Waals surface area contributed by atoms with Crippen molar-refractivity contribution < 1.29 is 12.8 Å². The van der Waals surface area contributed by atoms with Crippen molar-refractivity contribution in [3.05, 3.63) is 83.1 Å². The van der Waals surface area contributed by atoms with Crippen LogP contribution in [0.5, 0.6) is 0 Å². The maximum absolute atomic E-state index is 13.3. The van der Waals surface area contributed by atoms with Crippen molar-refractivity contribution in [1.29, 1.82) is 0 Å². The smallest absolute Gasteiger partial charge is 0.259 e. The van der Waals surface area contributed by atoms with E-state index in [1.54, 1.807) is 11.6 Å². The third-order valence-corrected chi connectivity index (χ3v) is 7.20. The Morgan fingerprint density at radius 2 is 1.90 bits per heavy atom. The first-order valence-corrected chi connectivity index (χ1v) is 11.8. The second kappa shape index (κ2) is 8.90. The first-order valence-electron chi connectivity index (χ1n) is 10.3. The third kappa shape index (κ3) is 4.87. The summed E-state index contributed by atoms with van der Waals surface area (Å²) in [6, 6.07) is 12.9. The van der Waals surface area contributed by atoms with Gasteiger partial charge in [-0.3, -0.25) is 0 Å². The van der Waals surface area contributed by atoms with Crippen LogP contribution < -0.4 is 10.0 Å². The van der Waals surface area contributed by atoms with Gasteiger partial charge < -0.3 is 9.88 Å². The topological polar surface area (TPSA) is 76.0 Å². The summed E-state index contributed by atoms with van der Waals surface area (Å²) >= 11 is 0. The summed E-state index contributed by atoms with van der Waals surface area (Å²) in [7, 11) is 0.0209. The molecule has 2 N–H and O–H groups in total. The van der Waals surface area contributed by atoms with E-state index in [4.69, 9.17) is 0 Å². The number of nitrogens with zero attached hydrogens (tertiary/aromatic N) is 2. The molecule has 2 atom stereocenters. The summed E-state index contributed by atoms with van der Waals surface area (Å²) in [6.45, 7) is 1.09. The lowest BCUT2D eigenvalue weighted by Gasteiger charge is -2.21. The fraction of sp³-hybridized carbons (Fsp3) is 0.348. The number of aromatic nitrogens is 2. The van der Waals surface area contributed by atoms with E-state index >= 15 is 0 Å². The number of sulfonamides is 1. The molecule has 0 saturated carbocycles. The number of hydrogen-bond acceptors (Lipinski definition) is 4. The van der Waals surface area contributed by atoms with Crippen LogP contribution in [0.4, 0.5) is 4.39 Å².